The average molecular weight is 484 g/mol. The van der Waals surface area contributed by atoms with Gasteiger partial charge in [-0.15, -0.1) is 0 Å². The second-order valence-corrected chi connectivity index (χ2v) is 9.79. The molecule has 1 aliphatic heterocycles. The molecule has 35 heavy (non-hydrogen) atoms. The van der Waals surface area contributed by atoms with E-state index >= 15 is 0 Å². The van der Waals surface area contributed by atoms with Crippen molar-refractivity contribution in [2.45, 2.75) is 39.2 Å². The number of hydrogen-bond donors (Lipinski definition) is 2. The molecule has 0 saturated carbocycles. The Morgan fingerprint density at radius 3 is 1.83 bits per heavy atom. The van der Waals surface area contributed by atoms with Crippen LogP contribution in [0.5, 0.6) is 0 Å². The van der Waals surface area contributed by atoms with Gasteiger partial charge in [0.2, 0.25) is 11.8 Å². The molecule has 0 aliphatic carbocycles. The number of hydrogen-bond acceptors (Lipinski definition) is 4. The number of benzene rings is 2. The van der Waals surface area contributed by atoms with E-state index in [0.717, 1.165) is 11.1 Å². The quantitative estimate of drug-likeness (QED) is 0.603. The number of likely N-dealkylation sites (tertiary alicyclic amines) is 1. The summed E-state index contributed by atoms with van der Waals surface area (Å²) in [5.74, 6) is -2.23. The van der Waals surface area contributed by atoms with E-state index < -0.39 is 23.5 Å². The van der Waals surface area contributed by atoms with Crippen molar-refractivity contribution in [1.29, 1.82) is 0 Å². The maximum Gasteiger partial charge on any atom is 0.410 e. The summed E-state index contributed by atoms with van der Waals surface area (Å²) in [4.78, 5) is 40.1. The molecular weight excluding hydrogens is 449 g/mol. The van der Waals surface area contributed by atoms with Crippen LogP contribution in [-0.2, 0) is 27.2 Å². The van der Waals surface area contributed by atoms with E-state index in [0.29, 0.717) is 25.9 Å². The molecule has 7 nitrogen and oxygen atoms in total. The van der Waals surface area contributed by atoms with Crippen LogP contribution in [0.25, 0.3) is 0 Å². The maximum absolute atomic E-state index is 13.1. The second-order valence-electron chi connectivity index (χ2n) is 9.79. The van der Waals surface area contributed by atoms with Crippen molar-refractivity contribution in [3.05, 3.63) is 71.5 Å². The summed E-state index contributed by atoms with van der Waals surface area (Å²) in [7, 11) is 0. The van der Waals surface area contributed by atoms with E-state index in [1.54, 1.807) is 32.9 Å². The molecule has 2 N–H and O–H groups in total. The molecule has 188 valence electrons. The lowest BCUT2D eigenvalue weighted by molar-refractivity contribution is -0.132. The van der Waals surface area contributed by atoms with Gasteiger partial charge in [-0.3, -0.25) is 9.59 Å². The van der Waals surface area contributed by atoms with E-state index in [9.17, 15) is 18.8 Å². The van der Waals surface area contributed by atoms with Gasteiger partial charge in [-0.25, -0.2) is 9.18 Å². The summed E-state index contributed by atoms with van der Waals surface area (Å²) >= 11 is 0. The van der Waals surface area contributed by atoms with E-state index in [1.165, 1.54) is 17.0 Å². The average Bonchev–Trinajstić information content (AvgIpc) is 3.26. The lowest BCUT2D eigenvalue weighted by Gasteiger charge is -2.24. The monoisotopic (exact) mass is 483 g/mol. The van der Waals surface area contributed by atoms with Gasteiger partial charge in [0, 0.05) is 26.2 Å². The first-order valence-corrected chi connectivity index (χ1v) is 11.9. The van der Waals surface area contributed by atoms with Gasteiger partial charge < -0.3 is 20.3 Å². The van der Waals surface area contributed by atoms with Crippen LogP contribution in [0.3, 0.4) is 0 Å². The first kappa shape index (κ1) is 26.2. The zero-order chi connectivity index (χ0) is 25.4. The van der Waals surface area contributed by atoms with Crippen LogP contribution in [0, 0.1) is 17.7 Å². The number of rotatable bonds is 8. The zero-order valence-corrected chi connectivity index (χ0v) is 20.6. The van der Waals surface area contributed by atoms with Crippen LogP contribution in [0.1, 0.15) is 31.9 Å². The predicted molar refractivity (Wildman–Crippen MR) is 131 cm³/mol. The molecule has 0 aromatic heterocycles. The van der Waals surface area contributed by atoms with Crippen LogP contribution in [-0.4, -0.2) is 54.6 Å². The van der Waals surface area contributed by atoms with Gasteiger partial charge in [0.25, 0.3) is 0 Å². The van der Waals surface area contributed by atoms with Gasteiger partial charge in [-0.1, -0.05) is 42.5 Å². The van der Waals surface area contributed by atoms with Gasteiger partial charge in [0.1, 0.15) is 11.4 Å². The highest BCUT2D eigenvalue weighted by molar-refractivity contribution is 5.89. The molecule has 1 fully saturated rings. The third-order valence-electron chi connectivity index (χ3n) is 5.83. The van der Waals surface area contributed by atoms with Gasteiger partial charge in [0.15, 0.2) is 0 Å². The van der Waals surface area contributed by atoms with E-state index in [1.807, 2.05) is 30.3 Å². The Bertz CT molecular complexity index is 1010. The van der Waals surface area contributed by atoms with Crippen LogP contribution >= 0.6 is 0 Å². The molecule has 3 amide bonds. The Hall–Kier alpha value is -3.42. The number of carbonyl (C=O) groups excluding carboxylic acids is 3. The maximum atomic E-state index is 13.1. The first-order valence-electron chi connectivity index (χ1n) is 11.9. The smallest absolute Gasteiger partial charge is 0.410 e. The second kappa shape index (κ2) is 11.8. The van der Waals surface area contributed by atoms with Crippen molar-refractivity contribution in [1.82, 2.24) is 15.5 Å². The predicted octanol–water partition coefficient (Wildman–Crippen LogP) is 3.33. The number of amides is 3. The van der Waals surface area contributed by atoms with Gasteiger partial charge >= 0.3 is 6.09 Å². The summed E-state index contributed by atoms with van der Waals surface area (Å²) in [6.07, 6.45) is 0.660. The SMILES string of the molecule is CC(C)(C)OC(=O)N1CC(C(=O)NCCc2ccccc2)C(C(=O)NCCc2ccc(F)cc2)C1. The number of carbonyl (C=O) groups is 3. The van der Waals surface area contributed by atoms with E-state index in [2.05, 4.69) is 10.6 Å². The Balaban J connectivity index is 1.60. The summed E-state index contributed by atoms with van der Waals surface area (Å²) < 4.78 is 18.6. The van der Waals surface area contributed by atoms with E-state index in [-0.39, 0.29) is 30.7 Å². The molecule has 2 aromatic rings. The van der Waals surface area contributed by atoms with Gasteiger partial charge in [-0.05, 0) is 56.9 Å². The summed E-state index contributed by atoms with van der Waals surface area (Å²) in [6.45, 7) is 6.31. The molecule has 0 radical (unpaired) electrons. The molecule has 2 aromatic carbocycles. The van der Waals surface area contributed by atoms with Crippen molar-refractivity contribution in [3.8, 4) is 0 Å². The molecular formula is C27H34FN3O4. The zero-order valence-electron chi connectivity index (χ0n) is 20.6. The number of halogens is 1. The van der Waals surface area contributed by atoms with Crippen molar-refractivity contribution in [2.24, 2.45) is 11.8 Å². The molecule has 3 rings (SSSR count). The van der Waals surface area contributed by atoms with Gasteiger partial charge in [-0.2, -0.15) is 0 Å². The highest BCUT2D eigenvalue weighted by Crippen LogP contribution is 2.26. The number of ether oxygens (including phenoxy) is 1. The normalized spacial score (nSPS) is 17.7. The Morgan fingerprint density at radius 1 is 0.857 bits per heavy atom. The highest BCUT2D eigenvalue weighted by Gasteiger charge is 2.44. The molecule has 1 heterocycles. The Kier molecular flexibility index (Phi) is 8.84. The first-order chi connectivity index (χ1) is 16.6. The van der Waals surface area contributed by atoms with Crippen molar-refractivity contribution in [3.63, 3.8) is 0 Å². The molecule has 2 unspecified atom stereocenters. The minimum Gasteiger partial charge on any atom is -0.444 e. The summed E-state index contributed by atoms with van der Waals surface area (Å²) in [5, 5.41) is 5.79. The summed E-state index contributed by atoms with van der Waals surface area (Å²) in [5.41, 5.74) is 1.31. The van der Waals surface area contributed by atoms with Crippen LogP contribution < -0.4 is 10.6 Å². The molecule has 2 atom stereocenters. The lowest BCUT2D eigenvalue weighted by Crippen LogP contribution is -2.42. The molecule has 8 heteroatoms. The van der Waals surface area contributed by atoms with Crippen molar-refractivity contribution >= 4 is 17.9 Å². The van der Waals surface area contributed by atoms with Crippen LogP contribution in [0.2, 0.25) is 0 Å². The lowest BCUT2D eigenvalue weighted by atomic mass is 9.94. The van der Waals surface area contributed by atoms with Crippen molar-refractivity contribution < 1.29 is 23.5 Å². The fourth-order valence-corrected chi connectivity index (χ4v) is 4.03. The summed E-state index contributed by atoms with van der Waals surface area (Å²) in [6, 6.07) is 15.9. The third kappa shape index (κ3) is 8.09. The van der Waals surface area contributed by atoms with E-state index in [4.69, 9.17) is 4.74 Å². The number of nitrogens with zero attached hydrogens (tertiary/aromatic N) is 1. The number of nitrogens with one attached hydrogen (secondary N) is 2. The molecule has 1 aliphatic rings. The topological polar surface area (TPSA) is 87.7 Å². The highest BCUT2D eigenvalue weighted by atomic mass is 19.1. The molecule has 1 saturated heterocycles. The minimum absolute atomic E-state index is 0.105. The van der Waals surface area contributed by atoms with Crippen LogP contribution in [0.4, 0.5) is 9.18 Å². The fraction of sp³-hybridized carbons (Fsp3) is 0.444. The fourth-order valence-electron chi connectivity index (χ4n) is 4.03. The largest absolute Gasteiger partial charge is 0.444 e. The van der Waals surface area contributed by atoms with Gasteiger partial charge in [0.05, 0.1) is 11.8 Å². The minimum atomic E-state index is -0.688. The molecule has 0 bridgehead atoms. The third-order valence-corrected chi connectivity index (χ3v) is 5.83. The Labute approximate surface area is 206 Å². The van der Waals surface area contributed by atoms with Crippen molar-refractivity contribution in [2.75, 3.05) is 26.2 Å². The molecule has 0 spiro atoms. The van der Waals surface area contributed by atoms with Crippen LogP contribution in [0.15, 0.2) is 54.6 Å². The Morgan fingerprint density at radius 2 is 1.34 bits per heavy atom. The standard InChI is InChI=1S/C27H34FN3O4/c1-27(2,3)35-26(34)31-17-22(24(32)29-15-13-19-7-5-4-6-8-19)23(18-31)25(33)30-16-14-20-9-11-21(28)12-10-20/h4-12,22-23H,13-18H2,1-3H3,(H,29,32)(H,30,33).